The third kappa shape index (κ3) is 5.47. The van der Waals surface area contributed by atoms with Crippen LogP contribution in [-0.2, 0) is 9.59 Å². The van der Waals surface area contributed by atoms with Crippen LogP contribution in [0.4, 0.5) is 0 Å². The number of benzene rings is 2. The van der Waals surface area contributed by atoms with Gasteiger partial charge in [0.1, 0.15) is 0 Å². The lowest BCUT2D eigenvalue weighted by Gasteiger charge is -2.35. The van der Waals surface area contributed by atoms with Crippen LogP contribution in [0.5, 0.6) is 0 Å². The molecule has 1 N–H and O–H groups in total. The monoisotopic (exact) mass is 456 g/mol. The van der Waals surface area contributed by atoms with Gasteiger partial charge in [0, 0.05) is 23.6 Å². The summed E-state index contributed by atoms with van der Waals surface area (Å²) in [7, 11) is 0. The Morgan fingerprint density at radius 1 is 1.03 bits per heavy atom. The molecular formula is C24H29BrN2O2. The van der Waals surface area contributed by atoms with Gasteiger partial charge in [-0.1, -0.05) is 65.3 Å². The van der Waals surface area contributed by atoms with Crippen molar-refractivity contribution in [3.8, 4) is 0 Å². The first-order chi connectivity index (χ1) is 14.0. The second kappa shape index (κ2) is 10.1. The number of halogens is 1. The van der Waals surface area contributed by atoms with Crippen LogP contribution >= 0.6 is 15.9 Å². The second-order valence-electron chi connectivity index (χ2n) is 7.75. The highest BCUT2D eigenvalue weighted by atomic mass is 79.9. The maximum Gasteiger partial charge on any atom is 0.230 e. The van der Waals surface area contributed by atoms with Crippen molar-refractivity contribution in [1.82, 2.24) is 10.2 Å². The molecular weight excluding hydrogens is 428 g/mol. The molecule has 154 valence electrons. The first kappa shape index (κ1) is 21.6. The molecule has 2 aromatic rings. The Labute approximate surface area is 181 Å². The smallest absolute Gasteiger partial charge is 0.230 e. The van der Waals surface area contributed by atoms with E-state index in [4.69, 9.17) is 0 Å². The molecule has 4 nitrogen and oxygen atoms in total. The summed E-state index contributed by atoms with van der Waals surface area (Å²) in [4.78, 5) is 27.6. The van der Waals surface area contributed by atoms with Crippen molar-refractivity contribution < 1.29 is 9.59 Å². The molecule has 1 aliphatic rings. The van der Waals surface area contributed by atoms with Crippen LogP contribution < -0.4 is 5.32 Å². The highest BCUT2D eigenvalue weighted by molar-refractivity contribution is 9.10. The molecule has 1 saturated heterocycles. The molecule has 5 heteroatoms. The Hall–Kier alpha value is -2.14. The second-order valence-corrected chi connectivity index (χ2v) is 8.67. The molecule has 0 saturated carbocycles. The minimum absolute atomic E-state index is 0.0489. The lowest BCUT2D eigenvalue weighted by atomic mass is 9.93. The molecule has 2 aromatic carbocycles. The standard InChI is InChI=1S/C24H29BrN2O2/c1-3-22(19-7-5-4-6-8-19)24(29)27-15-13-21(14-16-27)26-23(28)17(2)18-9-11-20(25)12-10-18/h4-12,17,21-22H,3,13-16H2,1-2H3,(H,26,28). The molecule has 29 heavy (non-hydrogen) atoms. The third-order valence-corrected chi connectivity index (χ3v) is 6.35. The van der Waals surface area contributed by atoms with E-state index in [2.05, 4.69) is 28.2 Å². The number of hydrogen-bond donors (Lipinski definition) is 1. The lowest BCUT2D eigenvalue weighted by molar-refractivity contribution is -0.134. The number of amides is 2. The number of piperidine rings is 1. The molecule has 0 aromatic heterocycles. The molecule has 1 fully saturated rings. The van der Waals surface area contributed by atoms with E-state index >= 15 is 0 Å². The number of nitrogens with zero attached hydrogens (tertiary/aromatic N) is 1. The predicted octanol–water partition coefficient (Wildman–Crippen LogP) is 4.85. The molecule has 1 heterocycles. The van der Waals surface area contributed by atoms with Crippen molar-refractivity contribution in [2.45, 2.75) is 51.0 Å². The van der Waals surface area contributed by atoms with E-state index in [1.54, 1.807) is 0 Å². The highest BCUT2D eigenvalue weighted by Crippen LogP contribution is 2.25. The minimum Gasteiger partial charge on any atom is -0.353 e. The zero-order chi connectivity index (χ0) is 20.8. The summed E-state index contributed by atoms with van der Waals surface area (Å²) in [5.41, 5.74) is 2.09. The fourth-order valence-electron chi connectivity index (χ4n) is 3.93. The van der Waals surface area contributed by atoms with Crippen LogP contribution in [0, 0.1) is 0 Å². The van der Waals surface area contributed by atoms with Gasteiger partial charge >= 0.3 is 0 Å². The third-order valence-electron chi connectivity index (χ3n) is 5.82. The molecule has 0 radical (unpaired) electrons. The summed E-state index contributed by atoms with van der Waals surface area (Å²) in [6, 6.07) is 18.0. The summed E-state index contributed by atoms with van der Waals surface area (Å²) in [5.74, 6) is -0.0235. The van der Waals surface area contributed by atoms with Crippen LogP contribution in [0.2, 0.25) is 0 Å². The maximum absolute atomic E-state index is 13.0. The Bertz CT molecular complexity index is 815. The van der Waals surface area contributed by atoms with Crippen molar-refractivity contribution in [2.75, 3.05) is 13.1 Å². The van der Waals surface area contributed by atoms with Crippen molar-refractivity contribution >= 4 is 27.7 Å². The van der Waals surface area contributed by atoms with Gasteiger partial charge in [-0.3, -0.25) is 9.59 Å². The van der Waals surface area contributed by atoms with E-state index in [0.717, 1.165) is 34.9 Å². The number of carbonyl (C=O) groups is 2. The molecule has 2 atom stereocenters. The van der Waals surface area contributed by atoms with E-state index in [1.807, 2.05) is 66.4 Å². The SMILES string of the molecule is CCC(C(=O)N1CCC(NC(=O)C(C)c2ccc(Br)cc2)CC1)c1ccccc1. The number of nitrogens with one attached hydrogen (secondary N) is 1. The Morgan fingerprint density at radius 3 is 2.24 bits per heavy atom. The highest BCUT2D eigenvalue weighted by Gasteiger charge is 2.29. The number of carbonyl (C=O) groups excluding carboxylic acids is 2. The van der Waals surface area contributed by atoms with Crippen LogP contribution in [-0.4, -0.2) is 35.8 Å². The van der Waals surface area contributed by atoms with E-state index in [-0.39, 0.29) is 29.7 Å². The first-order valence-corrected chi connectivity index (χ1v) is 11.2. The molecule has 3 rings (SSSR count). The largest absolute Gasteiger partial charge is 0.353 e. The van der Waals surface area contributed by atoms with Gasteiger partial charge in [0.25, 0.3) is 0 Å². The average molecular weight is 457 g/mol. The Morgan fingerprint density at radius 2 is 1.66 bits per heavy atom. The van der Waals surface area contributed by atoms with Gasteiger partial charge in [0.05, 0.1) is 11.8 Å². The Kier molecular flexibility index (Phi) is 7.48. The molecule has 0 bridgehead atoms. The number of hydrogen-bond acceptors (Lipinski definition) is 2. The van der Waals surface area contributed by atoms with E-state index in [9.17, 15) is 9.59 Å². The topological polar surface area (TPSA) is 49.4 Å². The normalized spacial score (nSPS) is 16.9. The van der Waals surface area contributed by atoms with Crippen LogP contribution in [0.25, 0.3) is 0 Å². The van der Waals surface area contributed by atoms with Gasteiger partial charge in [0.2, 0.25) is 11.8 Å². The summed E-state index contributed by atoms with van der Waals surface area (Å²) in [6.07, 6.45) is 2.40. The summed E-state index contributed by atoms with van der Waals surface area (Å²) in [6.45, 7) is 5.38. The van der Waals surface area contributed by atoms with Crippen molar-refractivity contribution in [3.63, 3.8) is 0 Å². The summed E-state index contributed by atoms with van der Waals surface area (Å²) in [5, 5.41) is 3.18. The van der Waals surface area contributed by atoms with Gasteiger partial charge in [-0.05, 0) is 49.4 Å². The fraction of sp³-hybridized carbons (Fsp3) is 0.417. The first-order valence-electron chi connectivity index (χ1n) is 10.4. The molecule has 0 spiro atoms. The zero-order valence-electron chi connectivity index (χ0n) is 17.1. The van der Waals surface area contributed by atoms with Gasteiger partial charge in [-0.2, -0.15) is 0 Å². The lowest BCUT2D eigenvalue weighted by Crippen LogP contribution is -2.48. The molecule has 2 unspecified atom stereocenters. The van der Waals surface area contributed by atoms with Crippen molar-refractivity contribution in [2.24, 2.45) is 0 Å². The number of likely N-dealkylation sites (tertiary alicyclic amines) is 1. The van der Waals surface area contributed by atoms with Crippen LogP contribution in [0.1, 0.15) is 56.1 Å². The van der Waals surface area contributed by atoms with E-state index < -0.39 is 0 Å². The van der Waals surface area contributed by atoms with Gasteiger partial charge in [-0.25, -0.2) is 0 Å². The number of rotatable bonds is 6. The average Bonchev–Trinajstić information content (AvgIpc) is 2.75. The molecule has 1 aliphatic heterocycles. The molecule has 0 aliphatic carbocycles. The zero-order valence-corrected chi connectivity index (χ0v) is 18.7. The fourth-order valence-corrected chi connectivity index (χ4v) is 4.20. The Balaban J connectivity index is 1.52. The van der Waals surface area contributed by atoms with Crippen molar-refractivity contribution in [3.05, 3.63) is 70.2 Å². The van der Waals surface area contributed by atoms with Gasteiger partial charge in [-0.15, -0.1) is 0 Å². The van der Waals surface area contributed by atoms with Crippen LogP contribution in [0.3, 0.4) is 0 Å². The van der Waals surface area contributed by atoms with Crippen LogP contribution in [0.15, 0.2) is 59.1 Å². The van der Waals surface area contributed by atoms with E-state index in [0.29, 0.717) is 13.1 Å². The summed E-state index contributed by atoms with van der Waals surface area (Å²) >= 11 is 3.43. The van der Waals surface area contributed by atoms with Gasteiger partial charge < -0.3 is 10.2 Å². The maximum atomic E-state index is 13.0. The van der Waals surface area contributed by atoms with E-state index in [1.165, 1.54) is 0 Å². The van der Waals surface area contributed by atoms with Gasteiger partial charge in [0.15, 0.2) is 0 Å². The minimum atomic E-state index is -0.190. The predicted molar refractivity (Wildman–Crippen MR) is 120 cm³/mol. The summed E-state index contributed by atoms with van der Waals surface area (Å²) < 4.78 is 1.01. The quantitative estimate of drug-likeness (QED) is 0.674. The molecule has 2 amide bonds. The van der Waals surface area contributed by atoms with Crippen molar-refractivity contribution in [1.29, 1.82) is 0 Å².